The Hall–Kier alpha value is -2.81. The van der Waals surface area contributed by atoms with Crippen LogP contribution in [-0.4, -0.2) is 54.2 Å². The molecule has 3 aliphatic heterocycles. The Morgan fingerprint density at radius 2 is 1.73 bits per heavy atom. The molecule has 0 bridgehead atoms. The van der Waals surface area contributed by atoms with Crippen molar-refractivity contribution >= 4 is 29.3 Å². The molecule has 160 valence electrons. The predicted octanol–water partition coefficient (Wildman–Crippen LogP) is 1.42. The molecule has 9 heteroatoms. The first kappa shape index (κ1) is 20.5. The third kappa shape index (κ3) is 3.94. The monoisotopic (exact) mass is 416 g/mol. The quantitative estimate of drug-likeness (QED) is 0.478. The molecule has 4 amide bonds. The number of amides is 4. The molecule has 0 spiro atoms. The van der Waals surface area contributed by atoms with Crippen molar-refractivity contribution in [3.8, 4) is 0 Å². The van der Waals surface area contributed by atoms with Crippen molar-refractivity contribution in [2.24, 2.45) is 5.92 Å². The first-order valence-electron chi connectivity index (χ1n) is 10.5. The number of anilines is 1. The molecular weight excluding hydrogens is 391 g/mol. The summed E-state index contributed by atoms with van der Waals surface area (Å²) in [5, 5.41) is 8.51. The molecule has 2 fully saturated rings. The summed E-state index contributed by atoms with van der Waals surface area (Å²) >= 11 is 0. The normalized spacial score (nSPS) is 22.3. The van der Waals surface area contributed by atoms with Crippen LogP contribution in [0.2, 0.25) is 0 Å². The van der Waals surface area contributed by atoms with Gasteiger partial charge in [0.25, 0.3) is 11.8 Å². The third-order valence-electron chi connectivity index (χ3n) is 6.09. The largest absolute Gasteiger partial charge is 0.383 e. The lowest BCUT2D eigenvalue weighted by Crippen LogP contribution is -2.54. The van der Waals surface area contributed by atoms with E-state index < -0.39 is 35.5 Å². The van der Waals surface area contributed by atoms with E-state index in [4.69, 9.17) is 0 Å². The Balaban J connectivity index is 1.42. The van der Waals surface area contributed by atoms with Gasteiger partial charge in [0.1, 0.15) is 11.9 Å². The van der Waals surface area contributed by atoms with E-state index in [1.807, 2.05) is 0 Å². The van der Waals surface area contributed by atoms with E-state index in [1.54, 1.807) is 0 Å². The van der Waals surface area contributed by atoms with Gasteiger partial charge in [-0.1, -0.05) is 0 Å². The molecule has 1 unspecified atom stereocenters. The first-order chi connectivity index (χ1) is 14.5. The molecule has 0 radical (unpaired) electrons. The van der Waals surface area contributed by atoms with E-state index in [2.05, 4.69) is 16.0 Å². The number of hydrogen-bond acceptors (Lipinski definition) is 6. The van der Waals surface area contributed by atoms with Crippen LogP contribution in [0.1, 0.15) is 59.2 Å². The number of nitrogens with zero attached hydrogens (tertiary/aromatic N) is 1. The number of benzene rings is 1. The average Bonchev–Trinajstić information content (AvgIpc) is 2.96. The number of hydrogen-bond donors (Lipinski definition) is 3. The lowest BCUT2D eigenvalue weighted by molar-refractivity contribution is -0.136. The zero-order valence-corrected chi connectivity index (χ0v) is 16.6. The number of halogens is 1. The zero-order chi connectivity index (χ0) is 21.3. The van der Waals surface area contributed by atoms with Gasteiger partial charge in [0.2, 0.25) is 11.8 Å². The molecule has 1 atom stereocenters. The van der Waals surface area contributed by atoms with Crippen LogP contribution >= 0.6 is 0 Å². The highest BCUT2D eigenvalue weighted by atomic mass is 19.1. The van der Waals surface area contributed by atoms with Gasteiger partial charge >= 0.3 is 0 Å². The van der Waals surface area contributed by atoms with Crippen LogP contribution in [0, 0.1) is 11.7 Å². The van der Waals surface area contributed by atoms with E-state index in [9.17, 15) is 23.6 Å². The van der Waals surface area contributed by atoms with E-state index in [-0.39, 0.29) is 29.7 Å². The Bertz CT molecular complexity index is 897. The van der Waals surface area contributed by atoms with Gasteiger partial charge in [0, 0.05) is 13.0 Å². The number of rotatable bonds is 6. The topological polar surface area (TPSA) is 108 Å². The number of fused-ring (bicyclic) bond motifs is 1. The molecule has 3 N–H and O–H groups in total. The summed E-state index contributed by atoms with van der Waals surface area (Å²) in [6, 6.07) is 1.34. The highest BCUT2D eigenvalue weighted by Gasteiger charge is 2.45. The third-order valence-corrected chi connectivity index (χ3v) is 6.09. The summed E-state index contributed by atoms with van der Waals surface area (Å²) in [7, 11) is 0. The fourth-order valence-corrected chi connectivity index (χ4v) is 4.41. The van der Waals surface area contributed by atoms with Crippen LogP contribution in [-0.2, 0) is 9.59 Å². The predicted molar refractivity (Wildman–Crippen MR) is 106 cm³/mol. The molecule has 8 nitrogen and oxygen atoms in total. The standard InChI is InChI=1S/C21H25FN4O4/c22-15-10-13-14(11-16(15)24-7-1-2-12-5-8-23-9-6-12)21(30)26(20(13)29)17-3-4-18(27)25-19(17)28/h10-12,17,23-24H,1-9H2,(H,25,27,28). The summed E-state index contributed by atoms with van der Waals surface area (Å²) in [6.07, 6.45) is 4.36. The fraction of sp³-hybridized carbons (Fsp3) is 0.524. The number of nitrogens with one attached hydrogen (secondary N) is 3. The number of imide groups is 2. The molecular formula is C21H25FN4O4. The molecule has 1 aromatic carbocycles. The highest BCUT2D eigenvalue weighted by Crippen LogP contribution is 2.31. The van der Waals surface area contributed by atoms with Crippen molar-refractivity contribution < 1.29 is 23.6 Å². The smallest absolute Gasteiger partial charge is 0.262 e. The van der Waals surface area contributed by atoms with Crippen LogP contribution < -0.4 is 16.0 Å². The minimum atomic E-state index is -1.06. The molecule has 1 aromatic rings. The molecule has 0 aliphatic carbocycles. The molecule has 0 aromatic heterocycles. The molecule has 4 rings (SSSR count). The Morgan fingerprint density at radius 1 is 1.03 bits per heavy atom. The summed E-state index contributed by atoms with van der Waals surface area (Å²) in [5.74, 6) is -2.39. The van der Waals surface area contributed by atoms with Gasteiger partial charge in [-0.25, -0.2) is 4.39 Å². The Morgan fingerprint density at radius 3 is 2.43 bits per heavy atom. The van der Waals surface area contributed by atoms with Crippen LogP contribution in [0.4, 0.5) is 10.1 Å². The van der Waals surface area contributed by atoms with E-state index in [1.165, 1.54) is 6.07 Å². The van der Waals surface area contributed by atoms with Crippen LogP contribution in [0.25, 0.3) is 0 Å². The molecule has 3 heterocycles. The van der Waals surface area contributed by atoms with Crippen molar-refractivity contribution in [1.82, 2.24) is 15.5 Å². The van der Waals surface area contributed by atoms with Gasteiger partial charge in [-0.2, -0.15) is 0 Å². The lowest BCUT2D eigenvalue weighted by atomic mass is 9.93. The maximum Gasteiger partial charge on any atom is 0.262 e. The molecule has 2 saturated heterocycles. The summed E-state index contributed by atoms with van der Waals surface area (Å²) < 4.78 is 14.5. The van der Waals surface area contributed by atoms with Gasteiger partial charge in [-0.3, -0.25) is 29.4 Å². The lowest BCUT2D eigenvalue weighted by Gasteiger charge is -2.27. The zero-order valence-electron chi connectivity index (χ0n) is 16.6. The second-order valence-electron chi connectivity index (χ2n) is 8.09. The SMILES string of the molecule is O=C1CCC(N2C(=O)c3cc(F)c(NCCCC4CCNCC4)cc3C2=O)C(=O)N1. The van der Waals surface area contributed by atoms with E-state index in [0.717, 1.165) is 49.7 Å². The summed E-state index contributed by atoms with van der Waals surface area (Å²) in [4.78, 5) is 49.8. The number of piperidine rings is 2. The van der Waals surface area contributed by atoms with Crippen molar-refractivity contribution in [3.63, 3.8) is 0 Å². The van der Waals surface area contributed by atoms with Crippen molar-refractivity contribution in [1.29, 1.82) is 0 Å². The maximum absolute atomic E-state index is 14.5. The van der Waals surface area contributed by atoms with E-state index in [0.29, 0.717) is 12.5 Å². The van der Waals surface area contributed by atoms with Gasteiger partial charge in [-0.05, 0) is 63.2 Å². The van der Waals surface area contributed by atoms with E-state index >= 15 is 0 Å². The fourth-order valence-electron chi connectivity index (χ4n) is 4.41. The highest BCUT2D eigenvalue weighted by molar-refractivity contribution is 6.23. The van der Waals surface area contributed by atoms with Gasteiger partial charge in [-0.15, -0.1) is 0 Å². The Kier molecular flexibility index (Phi) is 5.80. The average molecular weight is 416 g/mol. The van der Waals surface area contributed by atoms with Crippen molar-refractivity contribution in [2.75, 3.05) is 25.0 Å². The molecule has 3 aliphatic rings. The van der Waals surface area contributed by atoms with Crippen LogP contribution in [0.3, 0.4) is 0 Å². The summed E-state index contributed by atoms with van der Waals surface area (Å²) in [5.41, 5.74) is 0.194. The van der Waals surface area contributed by atoms with Crippen LogP contribution in [0.5, 0.6) is 0 Å². The second kappa shape index (κ2) is 8.51. The maximum atomic E-state index is 14.5. The van der Waals surface area contributed by atoms with Crippen LogP contribution in [0.15, 0.2) is 12.1 Å². The van der Waals surface area contributed by atoms with Crippen molar-refractivity contribution in [2.45, 2.75) is 44.6 Å². The first-order valence-corrected chi connectivity index (χ1v) is 10.5. The van der Waals surface area contributed by atoms with Crippen molar-refractivity contribution in [3.05, 3.63) is 29.1 Å². The second-order valence-corrected chi connectivity index (χ2v) is 8.09. The Labute approximate surface area is 173 Å². The van der Waals surface area contributed by atoms with Gasteiger partial charge < -0.3 is 10.6 Å². The number of carbonyl (C=O) groups is 4. The molecule has 0 saturated carbocycles. The minimum Gasteiger partial charge on any atom is -0.383 e. The molecule has 30 heavy (non-hydrogen) atoms. The van der Waals surface area contributed by atoms with Gasteiger partial charge in [0.15, 0.2) is 0 Å². The summed E-state index contributed by atoms with van der Waals surface area (Å²) in [6.45, 7) is 2.65. The minimum absolute atomic E-state index is 0.0437. The number of carbonyl (C=O) groups excluding carboxylic acids is 4. The van der Waals surface area contributed by atoms with Gasteiger partial charge in [0.05, 0.1) is 16.8 Å².